The molecule has 25 heavy (non-hydrogen) atoms. The summed E-state index contributed by atoms with van der Waals surface area (Å²) in [7, 11) is 0. The topological polar surface area (TPSA) is 0 Å². The minimum absolute atomic E-state index is 0.188. The molecule has 3 atom stereocenters. The zero-order valence-electron chi connectivity index (χ0n) is 14.9. The van der Waals surface area contributed by atoms with Crippen molar-refractivity contribution in [2.75, 3.05) is 0 Å². The zero-order chi connectivity index (χ0) is 17.4. The quantitative estimate of drug-likeness (QED) is 0.537. The molecule has 2 aromatic rings. The van der Waals surface area contributed by atoms with Crippen LogP contribution in [0.1, 0.15) is 62.5 Å². The molecule has 0 heterocycles. The molecule has 0 N–H and O–H groups in total. The monoisotopic (exact) mass is 356 g/mol. The largest absolute Gasteiger partial charge is 0.205 e. The Morgan fingerprint density at radius 1 is 1.04 bits per heavy atom. The lowest BCUT2D eigenvalue weighted by Crippen LogP contribution is -2.28. The van der Waals surface area contributed by atoms with Gasteiger partial charge in [0.25, 0.3) is 0 Å². The minimum atomic E-state index is -0.341. The molecule has 2 aliphatic rings. The average molecular weight is 357 g/mol. The van der Waals surface area contributed by atoms with Crippen LogP contribution >= 0.6 is 11.6 Å². The molecule has 4 rings (SSSR count). The van der Waals surface area contributed by atoms with E-state index in [2.05, 4.69) is 25.1 Å². The van der Waals surface area contributed by atoms with Crippen molar-refractivity contribution in [1.82, 2.24) is 0 Å². The van der Waals surface area contributed by atoms with Crippen LogP contribution in [0, 0.1) is 17.7 Å². The Hall–Kier alpha value is -1.34. The van der Waals surface area contributed by atoms with Gasteiger partial charge in [0.2, 0.25) is 0 Å². The molecule has 0 bridgehead atoms. The summed E-state index contributed by atoms with van der Waals surface area (Å²) >= 11 is 5.82. The van der Waals surface area contributed by atoms with E-state index in [4.69, 9.17) is 11.6 Å². The second-order valence-corrected chi connectivity index (χ2v) is 8.32. The second-order valence-electron chi connectivity index (χ2n) is 7.92. The summed E-state index contributed by atoms with van der Waals surface area (Å²) in [6.07, 6.45) is 9.35. The summed E-state index contributed by atoms with van der Waals surface area (Å²) in [5, 5.41) is 0.188. The fraction of sp³-hybridized carbons (Fsp3) is 0.478. The van der Waals surface area contributed by atoms with Crippen LogP contribution in [-0.2, 0) is 6.42 Å². The third-order valence-corrected chi connectivity index (χ3v) is 6.67. The highest BCUT2D eigenvalue weighted by Crippen LogP contribution is 2.48. The van der Waals surface area contributed by atoms with Gasteiger partial charge in [-0.15, -0.1) is 0 Å². The molecule has 132 valence electrons. The fourth-order valence-corrected chi connectivity index (χ4v) is 5.26. The predicted octanol–water partition coefficient (Wildman–Crippen LogP) is 7.39. The van der Waals surface area contributed by atoms with Crippen molar-refractivity contribution in [3.63, 3.8) is 0 Å². The molecular formula is C23H26ClF. The van der Waals surface area contributed by atoms with Gasteiger partial charge in [0.05, 0.1) is 5.02 Å². The molecule has 2 heteroatoms. The normalized spacial score (nSPS) is 25.3. The van der Waals surface area contributed by atoms with Gasteiger partial charge in [-0.2, -0.15) is 0 Å². The first-order chi connectivity index (χ1) is 12.2. The summed E-state index contributed by atoms with van der Waals surface area (Å²) < 4.78 is 13.8. The highest BCUT2D eigenvalue weighted by molar-refractivity contribution is 6.30. The van der Waals surface area contributed by atoms with Crippen LogP contribution in [0.15, 0.2) is 36.4 Å². The van der Waals surface area contributed by atoms with E-state index in [9.17, 15) is 4.39 Å². The number of rotatable bonds is 3. The summed E-state index contributed by atoms with van der Waals surface area (Å²) in [6, 6.07) is 11.9. The van der Waals surface area contributed by atoms with Crippen LogP contribution in [0.5, 0.6) is 0 Å². The van der Waals surface area contributed by atoms with E-state index in [0.717, 1.165) is 28.9 Å². The number of hydrogen-bond donors (Lipinski definition) is 0. The molecule has 0 unspecified atom stereocenters. The lowest BCUT2D eigenvalue weighted by molar-refractivity contribution is 0.201. The Bertz CT molecular complexity index is 767. The molecule has 0 aromatic heterocycles. The molecule has 2 aliphatic carbocycles. The first kappa shape index (κ1) is 17.1. The lowest BCUT2D eigenvalue weighted by atomic mass is 9.64. The van der Waals surface area contributed by atoms with Crippen LogP contribution in [0.4, 0.5) is 4.39 Å². The summed E-state index contributed by atoms with van der Waals surface area (Å²) in [5.41, 5.74) is 5.05. The molecule has 0 aliphatic heterocycles. The fourth-order valence-electron chi connectivity index (χ4n) is 5.14. The number of aryl methyl sites for hydroxylation is 1. The third kappa shape index (κ3) is 3.36. The lowest BCUT2D eigenvalue weighted by Gasteiger charge is -2.40. The maximum absolute atomic E-state index is 13.8. The van der Waals surface area contributed by atoms with Crippen molar-refractivity contribution in [3.8, 4) is 11.1 Å². The highest BCUT2D eigenvalue weighted by Gasteiger charge is 2.34. The Labute approximate surface area is 155 Å². The van der Waals surface area contributed by atoms with Crippen LogP contribution in [0.25, 0.3) is 11.1 Å². The molecule has 0 spiro atoms. The Morgan fingerprint density at radius 3 is 2.64 bits per heavy atom. The van der Waals surface area contributed by atoms with Crippen molar-refractivity contribution >= 4 is 11.6 Å². The SMILES string of the molecule is CCC[C@@H]1CC[C@@H]2c3ccc(-c4ccc(Cl)c(F)c4)cc3CC[C@@H]2C1. The molecule has 1 saturated carbocycles. The zero-order valence-corrected chi connectivity index (χ0v) is 15.7. The van der Waals surface area contributed by atoms with Crippen LogP contribution in [-0.4, -0.2) is 0 Å². The Balaban J connectivity index is 1.59. The molecule has 0 nitrogen and oxygen atoms in total. The van der Waals surface area contributed by atoms with Crippen LogP contribution in [0.3, 0.4) is 0 Å². The van der Waals surface area contributed by atoms with E-state index in [1.54, 1.807) is 17.7 Å². The van der Waals surface area contributed by atoms with E-state index in [1.807, 2.05) is 6.07 Å². The van der Waals surface area contributed by atoms with Gasteiger partial charge >= 0.3 is 0 Å². The van der Waals surface area contributed by atoms with Gasteiger partial charge in [0, 0.05) is 0 Å². The molecule has 0 saturated heterocycles. The van der Waals surface area contributed by atoms with Crippen molar-refractivity contribution in [3.05, 3.63) is 58.4 Å². The first-order valence-corrected chi connectivity index (χ1v) is 10.1. The van der Waals surface area contributed by atoms with Gasteiger partial charge in [-0.3, -0.25) is 0 Å². The highest BCUT2D eigenvalue weighted by atomic mass is 35.5. The summed E-state index contributed by atoms with van der Waals surface area (Å²) in [6.45, 7) is 2.31. The number of hydrogen-bond acceptors (Lipinski definition) is 0. The molecule has 1 fully saturated rings. The Kier molecular flexibility index (Phi) is 4.86. The van der Waals surface area contributed by atoms with Crippen LogP contribution < -0.4 is 0 Å². The summed E-state index contributed by atoms with van der Waals surface area (Å²) in [5.74, 6) is 2.22. The number of fused-ring (bicyclic) bond motifs is 3. The molecule has 0 amide bonds. The smallest absolute Gasteiger partial charge is 0.142 e. The minimum Gasteiger partial charge on any atom is -0.205 e. The molecular weight excluding hydrogens is 331 g/mol. The molecule has 2 aromatic carbocycles. The first-order valence-electron chi connectivity index (χ1n) is 9.74. The van der Waals surface area contributed by atoms with Gasteiger partial charge in [-0.05, 0) is 84.2 Å². The van der Waals surface area contributed by atoms with Crippen LogP contribution in [0.2, 0.25) is 5.02 Å². The van der Waals surface area contributed by atoms with Crippen molar-refractivity contribution in [1.29, 1.82) is 0 Å². The van der Waals surface area contributed by atoms with Gasteiger partial charge < -0.3 is 0 Å². The van der Waals surface area contributed by atoms with Gasteiger partial charge in [-0.25, -0.2) is 4.39 Å². The van der Waals surface area contributed by atoms with Crippen molar-refractivity contribution in [2.45, 2.75) is 57.8 Å². The van der Waals surface area contributed by atoms with E-state index >= 15 is 0 Å². The maximum atomic E-state index is 13.8. The van der Waals surface area contributed by atoms with Crippen molar-refractivity contribution < 1.29 is 4.39 Å². The Morgan fingerprint density at radius 2 is 1.84 bits per heavy atom. The van der Waals surface area contributed by atoms with Crippen molar-refractivity contribution in [2.24, 2.45) is 11.8 Å². The maximum Gasteiger partial charge on any atom is 0.142 e. The third-order valence-electron chi connectivity index (χ3n) is 6.37. The average Bonchev–Trinajstić information content (AvgIpc) is 2.63. The summed E-state index contributed by atoms with van der Waals surface area (Å²) in [4.78, 5) is 0. The predicted molar refractivity (Wildman–Crippen MR) is 104 cm³/mol. The van der Waals surface area contributed by atoms with Gasteiger partial charge in [0.1, 0.15) is 5.82 Å². The van der Waals surface area contributed by atoms with Gasteiger partial charge in [0.15, 0.2) is 0 Å². The number of benzene rings is 2. The van der Waals surface area contributed by atoms with E-state index in [0.29, 0.717) is 0 Å². The van der Waals surface area contributed by atoms with E-state index in [1.165, 1.54) is 50.5 Å². The van der Waals surface area contributed by atoms with Gasteiger partial charge in [-0.1, -0.05) is 55.6 Å². The second kappa shape index (κ2) is 7.11. The molecule has 0 radical (unpaired) electrons. The van der Waals surface area contributed by atoms with E-state index in [-0.39, 0.29) is 10.8 Å². The number of halogens is 2. The standard InChI is InChI=1S/C23H26ClF/c1-2-3-15-4-9-20-18(12-15)5-6-19-13-16(7-10-21(19)20)17-8-11-22(24)23(25)14-17/h7-8,10-11,13-15,18,20H,2-6,9,12H2,1H3/t15-,18-,20+/m1/s1. The van der Waals surface area contributed by atoms with E-state index < -0.39 is 0 Å².